The molecule has 4 bridgehead atoms. The lowest BCUT2D eigenvalue weighted by Crippen LogP contribution is -2.51. The van der Waals surface area contributed by atoms with Crippen LogP contribution in [0.1, 0.15) is 30.0 Å². The van der Waals surface area contributed by atoms with Crippen LogP contribution in [0.2, 0.25) is 0 Å². The molecule has 20 heteroatoms. The maximum absolute atomic E-state index is 13.3. The molecule has 240 valence electrons. The third-order valence-corrected chi connectivity index (χ3v) is 9.01. The molecular formula is C24H30N5O14P. The van der Waals surface area contributed by atoms with Crippen LogP contribution in [0.25, 0.3) is 0 Å². The number of rotatable bonds is 9. The molecule has 0 spiro atoms. The van der Waals surface area contributed by atoms with Crippen LogP contribution in [0.5, 0.6) is 0 Å². The number of nitrogens with zero attached hydrogens (tertiary/aromatic N) is 2. The van der Waals surface area contributed by atoms with Gasteiger partial charge in [-0.1, -0.05) is 0 Å². The topological polar surface area (TPSA) is 263 Å². The molecule has 0 aromatic carbocycles. The van der Waals surface area contributed by atoms with Gasteiger partial charge in [0.2, 0.25) is 5.91 Å². The van der Waals surface area contributed by atoms with Gasteiger partial charge in [0.1, 0.15) is 29.5 Å². The number of hydrogen-bond donors (Lipinski definition) is 6. The van der Waals surface area contributed by atoms with E-state index in [0.29, 0.717) is 0 Å². The van der Waals surface area contributed by atoms with Crippen molar-refractivity contribution >= 4 is 13.7 Å². The minimum Gasteiger partial charge on any atom is -0.387 e. The molecule has 2 aromatic heterocycles. The van der Waals surface area contributed by atoms with Gasteiger partial charge in [-0.15, -0.1) is 0 Å². The molecule has 44 heavy (non-hydrogen) atoms. The molecular weight excluding hydrogens is 613 g/mol. The Morgan fingerprint density at radius 2 is 1.50 bits per heavy atom. The average Bonchev–Trinajstić information content (AvgIpc) is 3.64. The lowest BCUT2D eigenvalue weighted by atomic mass is 9.86. The molecule has 4 fully saturated rings. The van der Waals surface area contributed by atoms with Crippen molar-refractivity contribution in [3.8, 4) is 0 Å². The predicted molar refractivity (Wildman–Crippen MR) is 142 cm³/mol. The molecule has 0 radical (unpaired) electrons. The molecule has 4 aliphatic rings. The Morgan fingerprint density at radius 1 is 0.977 bits per heavy atom. The Labute approximate surface area is 245 Å². The zero-order valence-electron chi connectivity index (χ0n) is 23.3. The summed E-state index contributed by atoms with van der Waals surface area (Å²) < 4.78 is 42.1. The summed E-state index contributed by atoms with van der Waals surface area (Å²) >= 11 is 0. The number of H-pyrrole nitrogens is 2. The van der Waals surface area contributed by atoms with E-state index in [0.717, 1.165) is 9.13 Å². The van der Waals surface area contributed by atoms with Crippen LogP contribution in [0.15, 0.2) is 31.6 Å². The van der Waals surface area contributed by atoms with E-state index in [1.54, 1.807) is 0 Å². The fraction of sp³-hybridized carbons (Fsp3) is 0.625. The highest BCUT2D eigenvalue weighted by atomic mass is 31.2. The van der Waals surface area contributed by atoms with Crippen LogP contribution >= 0.6 is 7.82 Å². The van der Waals surface area contributed by atoms with Crippen molar-refractivity contribution in [1.29, 1.82) is 0 Å². The van der Waals surface area contributed by atoms with Crippen molar-refractivity contribution < 1.29 is 47.7 Å². The number of aliphatic hydroxyl groups is 1. The fourth-order valence-electron chi connectivity index (χ4n) is 6.21. The quantitative estimate of drug-likeness (QED) is 0.146. The van der Waals surface area contributed by atoms with Gasteiger partial charge in [0.25, 0.3) is 11.1 Å². The van der Waals surface area contributed by atoms with Gasteiger partial charge in [-0.05, 0) is 13.8 Å². The molecule has 0 unspecified atom stereocenters. The summed E-state index contributed by atoms with van der Waals surface area (Å²) in [5.74, 6) is -1.46. The highest BCUT2D eigenvalue weighted by molar-refractivity contribution is 7.46. The number of carbonyl (C=O) groups excluding carboxylic acids is 1. The number of carbonyl (C=O) groups is 1. The van der Waals surface area contributed by atoms with Gasteiger partial charge < -0.3 is 39.2 Å². The first-order chi connectivity index (χ1) is 20.6. The average molecular weight is 643 g/mol. The largest absolute Gasteiger partial charge is 0.469 e. The third-order valence-electron chi connectivity index (χ3n) is 8.54. The molecule has 8 atom stereocenters. The number of aryl methyl sites for hydroxylation is 2. The van der Waals surface area contributed by atoms with Gasteiger partial charge in [0, 0.05) is 35.9 Å². The Morgan fingerprint density at radius 3 is 2.09 bits per heavy atom. The van der Waals surface area contributed by atoms with Crippen LogP contribution in [0.4, 0.5) is 0 Å². The summed E-state index contributed by atoms with van der Waals surface area (Å²) in [4.78, 5) is 85.0. The van der Waals surface area contributed by atoms with Crippen molar-refractivity contribution in [2.75, 3.05) is 26.4 Å². The number of nitrogens with one attached hydrogen (secondary N) is 3. The minimum atomic E-state index is -4.97. The van der Waals surface area contributed by atoms with Crippen LogP contribution in [-0.2, 0) is 32.8 Å². The fourth-order valence-corrected chi connectivity index (χ4v) is 6.60. The lowest BCUT2D eigenvalue weighted by Gasteiger charge is -2.32. The lowest BCUT2D eigenvalue weighted by molar-refractivity contribution is -0.185. The second-order valence-electron chi connectivity index (χ2n) is 11.5. The van der Waals surface area contributed by atoms with E-state index in [9.17, 15) is 43.4 Å². The van der Waals surface area contributed by atoms with Gasteiger partial charge >= 0.3 is 19.2 Å². The molecule has 6 N–H and O–H groups in total. The molecule has 19 nitrogen and oxygen atoms in total. The summed E-state index contributed by atoms with van der Waals surface area (Å²) in [6.45, 7) is 1.73. The Bertz CT molecular complexity index is 1780. The van der Waals surface area contributed by atoms with E-state index < -0.39 is 90.7 Å². The van der Waals surface area contributed by atoms with Crippen LogP contribution in [0.3, 0.4) is 0 Å². The number of phosphoric ester groups is 1. The summed E-state index contributed by atoms with van der Waals surface area (Å²) in [6, 6.07) is 0. The van der Waals surface area contributed by atoms with Gasteiger partial charge in [-0.25, -0.2) is 14.2 Å². The third kappa shape index (κ3) is 5.13. The van der Waals surface area contributed by atoms with Gasteiger partial charge in [0.15, 0.2) is 12.5 Å². The summed E-state index contributed by atoms with van der Waals surface area (Å²) in [5, 5.41) is 13.6. The van der Waals surface area contributed by atoms with E-state index in [4.69, 9.17) is 23.5 Å². The molecule has 0 saturated carbocycles. The van der Waals surface area contributed by atoms with E-state index in [1.165, 1.54) is 26.2 Å². The van der Waals surface area contributed by atoms with Gasteiger partial charge in [-0.2, -0.15) is 0 Å². The number of fused-ring (bicyclic) bond motifs is 4. The maximum atomic E-state index is 13.3. The van der Waals surface area contributed by atoms with E-state index in [-0.39, 0.29) is 37.3 Å². The highest BCUT2D eigenvalue weighted by Gasteiger charge is 2.64. The summed E-state index contributed by atoms with van der Waals surface area (Å²) in [6.07, 6.45) is -3.18. The number of ether oxygens (including phenoxy) is 4. The van der Waals surface area contributed by atoms with Crippen molar-refractivity contribution in [1.82, 2.24) is 24.4 Å². The first-order valence-electron chi connectivity index (χ1n) is 13.5. The summed E-state index contributed by atoms with van der Waals surface area (Å²) in [7, 11) is -4.97. The Balaban J connectivity index is 1.20. The normalized spacial score (nSPS) is 34.1. The van der Waals surface area contributed by atoms with Crippen LogP contribution in [-0.4, -0.2) is 95.8 Å². The van der Waals surface area contributed by atoms with Crippen LogP contribution < -0.4 is 27.8 Å². The number of amides is 1. The highest BCUT2D eigenvalue weighted by Crippen LogP contribution is 2.52. The van der Waals surface area contributed by atoms with E-state index >= 15 is 0 Å². The second-order valence-corrected chi connectivity index (χ2v) is 12.7. The molecule has 6 rings (SSSR count). The SMILES string of the molecule is Cc1cn([C@@H]2O[C@@]3(CNC(=O)C[C@H]4[C@H]5OC[C@]4(COP(=O)(O)O)O[C@H]5n4cc(C)c(=O)[nH]c4=O)CO[C@@H]2[C@@H]3O)c(=O)[nH]c1=O. The smallest absolute Gasteiger partial charge is 0.387 e. The van der Waals surface area contributed by atoms with Crippen molar-refractivity contribution in [2.24, 2.45) is 5.92 Å². The van der Waals surface area contributed by atoms with E-state index in [1.807, 2.05) is 0 Å². The monoisotopic (exact) mass is 643 g/mol. The molecule has 2 aromatic rings. The van der Waals surface area contributed by atoms with Gasteiger partial charge in [0.05, 0.1) is 26.4 Å². The van der Waals surface area contributed by atoms with E-state index in [2.05, 4.69) is 15.3 Å². The first kappa shape index (κ1) is 30.8. The van der Waals surface area contributed by atoms with Crippen molar-refractivity contribution in [2.45, 2.75) is 62.2 Å². The summed E-state index contributed by atoms with van der Waals surface area (Å²) in [5.41, 5.74) is -5.31. The zero-order valence-corrected chi connectivity index (χ0v) is 24.2. The predicted octanol–water partition coefficient (Wildman–Crippen LogP) is -3.37. The molecule has 6 heterocycles. The number of hydrogen-bond acceptors (Lipinski definition) is 12. The first-order valence-corrected chi connectivity index (χ1v) is 15.0. The maximum Gasteiger partial charge on any atom is 0.469 e. The minimum absolute atomic E-state index is 0.110. The molecule has 4 saturated heterocycles. The molecule has 1 amide bonds. The van der Waals surface area contributed by atoms with Crippen LogP contribution in [0, 0.1) is 19.8 Å². The second kappa shape index (κ2) is 10.7. The standard InChI is InChI=1S/C24H30N5O14P/c1-10-4-28(21(34)26-17(10)32)19-14-12(24(43-19,8-39-14)9-41-44(36,37)38)3-13(30)25-6-23-7-40-15(16(23)31)20(42-23)29-5-11(2)18(33)27-22(29)35/h4-5,12,14-16,19-20,31H,3,6-9H2,1-2H3,(H,25,30)(H,26,32,34)(H,27,33,35)(H2,36,37,38)/t12-,14+,15+,16-,19+,20+,23-,24+/m0/s1. The van der Waals surface area contributed by atoms with Crippen molar-refractivity contribution in [3.63, 3.8) is 0 Å². The number of aromatic amines is 2. The Hall–Kier alpha value is -3.26. The molecule has 0 aliphatic carbocycles. The Kier molecular flexibility index (Phi) is 7.46. The number of phosphoric acid groups is 1. The van der Waals surface area contributed by atoms with Gasteiger partial charge in [-0.3, -0.25) is 38.0 Å². The number of aliphatic hydroxyl groups excluding tert-OH is 1. The van der Waals surface area contributed by atoms with Crippen molar-refractivity contribution in [3.05, 3.63) is 65.2 Å². The number of aromatic nitrogens is 4. The molecule has 4 aliphatic heterocycles. The zero-order chi connectivity index (χ0) is 31.8.